The number of carbonyl (C=O) groups is 1. The van der Waals surface area contributed by atoms with Gasteiger partial charge in [-0.2, -0.15) is 22.0 Å². The van der Waals surface area contributed by atoms with E-state index in [1.54, 1.807) is 0 Å². The summed E-state index contributed by atoms with van der Waals surface area (Å²) in [5, 5.41) is 10.3. The molecule has 0 aliphatic heterocycles. The van der Waals surface area contributed by atoms with E-state index < -0.39 is 31.3 Å². The third kappa shape index (κ3) is 4.17. The number of halogens is 5. The zero-order valence-corrected chi connectivity index (χ0v) is 8.18. The average molecular weight is 250 g/mol. The minimum Gasteiger partial charge on any atom is -0.530 e. The first-order valence-electron chi connectivity index (χ1n) is 4.01. The van der Waals surface area contributed by atoms with Crippen molar-refractivity contribution in [1.82, 2.24) is 4.90 Å². The second kappa shape index (κ2) is 5.28. The summed E-state index contributed by atoms with van der Waals surface area (Å²) < 4.78 is 64.6. The molecule has 0 unspecified atom stereocenters. The van der Waals surface area contributed by atoms with Crippen LogP contribution in [0.1, 0.15) is 0 Å². The smallest absolute Gasteiger partial charge is 0.455 e. The van der Waals surface area contributed by atoms with Gasteiger partial charge in [0, 0.05) is 13.7 Å². The largest absolute Gasteiger partial charge is 0.530 e. The summed E-state index contributed by atoms with van der Waals surface area (Å²) in [6.45, 7) is -2.92. The molecular formula is C7H9F5NO3-. The van der Waals surface area contributed by atoms with Crippen molar-refractivity contribution in [2.45, 2.75) is 12.1 Å². The Labute approximate surface area is 87.6 Å². The molecule has 0 aromatic heterocycles. The number of ether oxygens (including phenoxy) is 1. The molecule has 4 nitrogen and oxygen atoms in total. The van der Waals surface area contributed by atoms with Gasteiger partial charge in [0.25, 0.3) is 0 Å². The molecule has 0 aliphatic rings. The quantitative estimate of drug-likeness (QED) is 0.667. The van der Waals surface area contributed by atoms with E-state index in [9.17, 15) is 31.9 Å². The maximum Gasteiger partial charge on any atom is 0.455 e. The molecule has 0 saturated carbocycles. The Morgan fingerprint density at radius 1 is 1.31 bits per heavy atom. The first-order valence-corrected chi connectivity index (χ1v) is 4.01. The highest BCUT2D eigenvalue weighted by Gasteiger charge is 2.58. The van der Waals surface area contributed by atoms with E-state index in [1.807, 2.05) is 0 Å². The topological polar surface area (TPSA) is 52.6 Å². The maximum atomic E-state index is 12.5. The van der Waals surface area contributed by atoms with E-state index >= 15 is 0 Å². The summed E-state index contributed by atoms with van der Waals surface area (Å²) >= 11 is 0. The summed E-state index contributed by atoms with van der Waals surface area (Å²) in [5.74, 6) is -5.11. The molecule has 0 aliphatic carbocycles. The fourth-order valence-corrected chi connectivity index (χ4v) is 0.766. The fourth-order valence-electron chi connectivity index (χ4n) is 0.766. The predicted molar refractivity (Wildman–Crippen MR) is 39.8 cm³/mol. The van der Waals surface area contributed by atoms with Crippen molar-refractivity contribution in [1.29, 1.82) is 0 Å². The van der Waals surface area contributed by atoms with Gasteiger partial charge in [-0.15, -0.1) is 0 Å². The number of hydrogen-bond acceptors (Lipinski definition) is 3. The molecule has 96 valence electrons. The van der Waals surface area contributed by atoms with Crippen molar-refractivity contribution >= 4 is 6.09 Å². The molecule has 0 saturated heterocycles. The lowest BCUT2D eigenvalue weighted by molar-refractivity contribution is -0.299. The minimum absolute atomic E-state index is 0.156. The van der Waals surface area contributed by atoms with Crippen LogP contribution in [0.4, 0.5) is 26.7 Å². The number of carboxylic acid groups (broad SMARTS) is 1. The van der Waals surface area contributed by atoms with Crippen LogP contribution >= 0.6 is 0 Å². The van der Waals surface area contributed by atoms with E-state index in [-0.39, 0.29) is 11.5 Å². The maximum absolute atomic E-state index is 12.5. The van der Waals surface area contributed by atoms with Crippen LogP contribution in [0.3, 0.4) is 0 Å². The molecule has 0 spiro atoms. The molecule has 0 N–H and O–H groups in total. The van der Waals surface area contributed by atoms with Gasteiger partial charge < -0.3 is 19.5 Å². The van der Waals surface area contributed by atoms with Crippen LogP contribution < -0.4 is 5.11 Å². The monoisotopic (exact) mass is 250 g/mol. The van der Waals surface area contributed by atoms with Gasteiger partial charge in [-0.1, -0.05) is 0 Å². The predicted octanol–water partition coefficient (Wildman–Crippen LogP) is 0.476. The van der Waals surface area contributed by atoms with Gasteiger partial charge in [0.1, 0.15) is 6.09 Å². The van der Waals surface area contributed by atoms with E-state index in [2.05, 4.69) is 4.74 Å². The molecule has 0 heterocycles. The number of amides is 1. The normalized spacial score (nSPS) is 12.6. The molecular weight excluding hydrogens is 241 g/mol. The highest BCUT2D eigenvalue weighted by atomic mass is 19.4. The Morgan fingerprint density at radius 2 is 1.81 bits per heavy atom. The van der Waals surface area contributed by atoms with Crippen LogP contribution in [0.2, 0.25) is 0 Å². The van der Waals surface area contributed by atoms with Crippen LogP contribution in [-0.4, -0.2) is 49.9 Å². The van der Waals surface area contributed by atoms with Gasteiger partial charge >= 0.3 is 12.1 Å². The number of nitrogens with zero attached hydrogens (tertiary/aromatic N) is 1. The Morgan fingerprint density at radius 3 is 2.12 bits per heavy atom. The van der Waals surface area contributed by atoms with Gasteiger partial charge in [0.15, 0.2) is 0 Å². The van der Waals surface area contributed by atoms with Crippen molar-refractivity contribution in [3.05, 3.63) is 0 Å². The summed E-state index contributed by atoms with van der Waals surface area (Å²) in [4.78, 5) is 10.1. The Bertz CT molecular complexity index is 243. The molecule has 0 aromatic rings. The van der Waals surface area contributed by atoms with Crippen molar-refractivity contribution in [2.24, 2.45) is 0 Å². The van der Waals surface area contributed by atoms with Crippen LogP contribution in [0.15, 0.2) is 0 Å². The lowest BCUT2D eigenvalue weighted by Gasteiger charge is -2.30. The van der Waals surface area contributed by atoms with Crippen molar-refractivity contribution in [3.63, 3.8) is 0 Å². The standard InChI is InChI=1S/C7H10F5NO3/c1-16-3-2-13(5(14)15)4-6(8,9)7(10,11)12/h2-4H2,1H3,(H,14,15)/p-1. The second-order valence-corrected chi connectivity index (χ2v) is 2.88. The molecule has 0 bridgehead atoms. The van der Waals surface area contributed by atoms with Gasteiger partial charge in [0.2, 0.25) is 0 Å². The lowest BCUT2D eigenvalue weighted by atomic mass is 10.3. The van der Waals surface area contributed by atoms with Crippen LogP contribution in [-0.2, 0) is 4.74 Å². The van der Waals surface area contributed by atoms with Gasteiger partial charge in [-0.05, 0) is 0 Å². The van der Waals surface area contributed by atoms with Gasteiger partial charge in [-0.3, -0.25) is 0 Å². The number of hydrogen-bond donors (Lipinski definition) is 0. The highest BCUT2D eigenvalue weighted by molar-refractivity contribution is 5.62. The number of rotatable bonds is 5. The minimum atomic E-state index is -5.80. The Balaban J connectivity index is 4.56. The molecule has 1 amide bonds. The SMILES string of the molecule is COCCN(CC(F)(F)C(F)(F)F)C(=O)[O-]. The molecule has 0 radical (unpaired) electrons. The third-order valence-corrected chi connectivity index (χ3v) is 1.63. The average Bonchev–Trinajstić information content (AvgIpc) is 2.09. The Hall–Kier alpha value is -1.12. The van der Waals surface area contributed by atoms with E-state index in [1.165, 1.54) is 0 Å². The fraction of sp³-hybridized carbons (Fsp3) is 0.857. The molecule has 0 rings (SSSR count). The van der Waals surface area contributed by atoms with Crippen LogP contribution in [0.25, 0.3) is 0 Å². The number of carbonyl (C=O) groups excluding carboxylic acids is 1. The van der Waals surface area contributed by atoms with Crippen LogP contribution in [0.5, 0.6) is 0 Å². The van der Waals surface area contributed by atoms with E-state index in [0.29, 0.717) is 0 Å². The van der Waals surface area contributed by atoms with Crippen LogP contribution in [0, 0.1) is 0 Å². The van der Waals surface area contributed by atoms with E-state index in [4.69, 9.17) is 0 Å². The summed E-state index contributed by atoms with van der Waals surface area (Å²) in [6, 6.07) is 0. The van der Waals surface area contributed by atoms with Crippen molar-refractivity contribution in [2.75, 3.05) is 26.8 Å². The highest BCUT2D eigenvalue weighted by Crippen LogP contribution is 2.35. The first kappa shape index (κ1) is 14.9. The van der Waals surface area contributed by atoms with Crippen molar-refractivity contribution < 1.29 is 36.6 Å². The van der Waals surface area contributed by atoms with Gasteiger partial charge in [0.05, 0.1) is 13.2 Å². The second-order valence-electron chi connectivity index (χ2n) is 2.88. The number of alkyl halides is 5. The first-order chi connectivity index (χ1) is 7.12. The number of methoxy groups -OCH3 is 1. The van der Waals surface area contributed by atoms with Gasteiger partial charge in [-0.25, -0.2) is 0 Å². The van der Waals surface area contributed by atoms with Crippen molar-refractivity contribution in [3.8, 4) is 0 Å². The molecule has 16 heavy (non-hydrogen) atoms. The van der Waals surface area contributed by atoms with E-state index in [0.717, 1.165) is 7.11 Å². The summed E-state index contributed by atoms with van der Waals surface area (Å²) in [6.07, 6.45) is -7.91. The Kier molecular flexibility index (Phi) is 4.91. The molecule has 0 aromatic carbocycles. The zero-order valence-electron chi connectivity index (χ0n) is 8.18. The zero-order chi connectivity index (χ0) is 13.0. The summed E-state index contributed by atoms with van der Waals surface area (Å²) in [5.41, 5.74) is 0. The third-order valence-electron chi connectivity index (χ3n) is 1.63. The molecule has 0 fully saturated rings. The lowest BCUT2D eigenvalue weighted by Crippen LogP contribution is -2.53. The summed E-state index contributed by atoms with van der Waals surface area (Å²) in [7, 11) is 1.15. The molecule has 9 heteroatoms. The molecule has 0 atom stereocenters.